The quantitative estimate of drug-likeness (QED) is 0.885. The molecule has 0 radical (unpaired) electrons. The van der Waals surface area contributed by atoms with Crippen molar-refractivity contribution in [1.82, 2.24) is 10.2 Å². The largest absolute Gasteiger partial charge is 0.378 e. The molecule has 0 bridgehead atoms. The third-order valence-electron chi connectivity index (χ3n) is 5.15. The number of hydrogen-bond acceptors (Lipinski definition) is 4. The van der Waals surface area contributed by atoms with Crippen LogP contribution in [0.25, 0.3) is 0 Å². The summed E-state index contributed by atoms with van der Waals surface area (Å²) in [5.74, 6) is -0.180. The van der Waals surface area contributed by atoms with E-state index < -0.39 is 0 Å². The summed E-state index contributed by atoms with van der Waals surface area (Å²) in [4.78, 5) is 16.7. The number of carbonyl (C=O) groups is 1. The first-order valence-corrected chi connectivity index (χ1v) is 9.32. The normalized spacial score (nSPS) is 22.0. The Morgan fingerprint density at radius 2 is 2.08 bits per heavy atom. The molecule has 2 aliphatic heterocycles. The van der Waals surface area contributed by atoms with E-state index in [4.69, 9.17) is 4.74 Å². The molecule has 0 aliphatic carbocycles. The lowest BCUT2D eigenvalue weighted by molar-refractivity contribution is -0.127. The minimum absolute atomic E-state index is 0.0452. The fourth-order valence-corrected chi connectivity index (χ4v) is 3.69. The van der Waals surface area contributed by atoms with Crippen LogP contribution in [0.4, 0.5) is 10.1 Å². The molecule has 1 N–H and O–H groups in total. The first-order valence-electron chi connectivity index (χ1n) is 9.32. The average Bonchev–Trinajstić information content (AvgIpc) is 2.66. The van der Waals surface area contributed by atoms with Gasteiger partial charge in [-0.1, -0.05) is 19.4 Å². The molecule has 138 valence electrons. The molecule has 2 fully saturated rings. The van der Waals surface area contributed by atoms with Crippen molar-refractivity contribution >= 4 is 11.6 Å². The zero-order chi connectivity index (χ0) is 17.6. The van der Waals surface area contributed by atoms with Crippen LogP contribution in [0.15, 0.2) is 18.2 Å². The molecule has 0 unspecified atom stereocenters. The van der Waals surface area contributed by atoms with Crippen molar-refractivity contribution in [3.05, 3.63) is 29.6 Å². The first kappa shape index (κ1) is 18.1. The standard InChI is InChI=1S/C19H28FN3O2/c1-2-22-8-4-3-5-18(22)19(24)21-14-15-6-7-17(16(20)13-15)23-9-11-25-12-10-23/h6-7,13,18H,2-5,8-12,14H2,1H3,(H,21,24)/t18-/m1/s1. The van der Waals surface area contributed by atoms with Gasteiger partial charge in [0.05, 0.1) is 24.9 Å². The highest BCUT2D eigenvalue weighted by atomic mass is 19.1. The van der Waals surface area contributed by atoms with Crippen LogP contribution in [-0.4, -0.2) is 56.2 Å². The third-order valence-corrected chi connectivity index (χ3v) is 5.15. The van der Waals surface area contributed by atoms with E-state index >= 15 is 0 Å². The molecule has 1 atom stereocenters. The highest BCUT2D eigenvalue weighted by molar-refractivity contribution is 5.81. The molecule has 0 spiro atoms. The summed E-state index contributed by atoms with van der Waals surface area (Å²) in [6.07, 6.45) is 3.16. The Balaban J connectivity index is 1.57. The lowest BCUT2D eigenvalue weighted by Gasteiger charge is -2.33. The van der Waals surface area contributed by atoms with Gasteiger partial charge in [-0.05, 0) is 43.6 Å². The Morgan fingerprint density at radius 3 is 2.80 bits per heavy atom. The minimum atomic E-state index is -0.235. The fourth-order valence-electron chi connectivity index (χ4n) is 3.69. The van der Waals surface area contributed by atoms with Crippen molar-refractivity contribution in [2.45, 2.75) is 38.8 Å². The molecule has 1 aromatic carbocycles. The van der Waals surface area contributed by atoms with Gasteiger partial charge >= 0.3 is 0 Å². The number of nitrogens with one attached hydrogen (secondary N) is 1. The van der Waals surface area contributed by atoms with E-state index in [1.807, 2.05) is 11.0 Å². The summed E-state index contributed by atoms with van der Waals surface area (Å²) in [6.45, 7) is 7.01. The molecule has 2 heterocycles. The number of likely N-dealkylation sites (tertiary alicyclic amines) is 1. The number of morpholine rings is 1. The highest BCUT2D eigenvalue weighted by Crippen LogP contribution is 2.22. The van der Waals surface area contributed by atoms with Crippen molar-refractivity contribution in [2.75, 3.05) is 44.3 Å². The molecule has 0 saturated carbocycles. The summed E-state index contributed by atoms with van der Waals surface area (Å²) in [5.41, 5.74) is 1.41. The van der Waals surface area contributed by atoms with Crippen molar-refractivity contribution in [3.63, 3.8) is 0 Å². The number of amides is 1. The Kier molecular flexibility index (Phi) is 6.26. The van der Waals surface area contributed by atoms with E-state index in [0.717, 1.165) is 37.9 Å². The van der Waals surface area contributed by atoms with Gasteiger partial charge in [0.15, 0.2) is 0 Å². The summed E-state index contributed by atoms with van der Waals surface area (Å²) < 4.78 is 19.7. The van der Waals surface area contributed by atoms with Crippen molar-refractivity contribution in [1.29, 1.82) is 0 Å². The van der Waals surface area contributed by atoms with Crippen LogP contribution in [-0.2, 0) is 16.1 Å². The SMILES string of the molecule is CCN1CCCC[C@@H]1C(=O)NCc1ccc(N2CCOCC2)c(F)c1. The fraction of sp³-hybridized carbons (Fsp3) is 0.632. The molecule has 1 aromatic rings. The molecule has 3 rings (SSSR count). The Labute approximate surface area is 149 Å². The van der Waals surface area contributed by atoms with E-state index in [0.29, 0.717) is 38.5 Å². The van der Waals surface area contributed by atoms with Gasteiger partial charge < -0.3 is 15.0 Å². The molecular weight excluding hydrogens is 321 g/mol. The van der Waals surface area contributed by atoms with Gasteiger partial charge in [-0.25, -0.2) is 4.39 Å². The zero-order valence-electron chi connectivity index (χ0n) is 15.0. The molecule has 5 nitrogen and oxygen atoms in total. The van der Waals surface area contributed by atoms with Crippen molar-refractivity contribution < 1.29 is 13.9 Å². The topological polar surface area (TPSA) is 44.8 Å². The summed E-state index contributed by atoms with van der Waals surface area (Å²) in [6, 6.07) is 5.19. The smallest absolute Gasteiger partial charge is 0.237 e. The molecule has 2 aliphatic rings. The van der Waals surface area contributed by atoms with Crippen LogP contribution < -0.4 is 10.2 Å². The lowest BCUT2D eigenvalue weighted by atomic mass is 10.0. The number of rotatable bonds is 5. The summed E-state index contributed by atoms with van der Waals surface area (Å²) in [5, 5.41) is 2.98. The van der Waals surface area contributed by atoms with Crippen molar-refractivity contribution in [2.24, 2.45) is 0 Å². The molecular formula is C19H28FN3O2. The maximum Gasteiger partial charge on any atom is 0.237 e. The number of ether oxygens (including phenoxy) is 1. The number of carbonyl (C=O) groups excluding carboxylic acids is 1. The van der Waals surface area contributed by atoms with Crippen LogP contribution in [0, 0.1) is 5.82 Å². The second-order valence-electron chi connectivity index (χ2n) is 6.74. The van der Waals surface area contributed by atoms with E-state index in [-0.39, 0.29) is 17.8 Å². The van der Waals surface area contributed by atoms with Crippen LogP contribution >= 0.6 is 0 Å². The monoisotopic (exact) mass is 349 g/mol. The summed E-state index contributed by atoms with van der Waals surface area (Å²) >= 11 is 0. The van der Waals surface area contributed by atoms with Gasteiger partial charge in [0.25, 0.3) is 0 Å². The highest BCUT2D eigenvalue weighted by Gasteiger charge is 2.27. The number of piperidine rings is 1. The van der Waals surface area contributed by atoms with E-state index in [9.17, 15) is 9.18 Å². The second-order valence-corrected chi connectivity index (χ2v) is 6.74. The molecule has 6 heteroatoms. The maximum atomic E-state index is 14.4. The Morgan fingerprint density at radius 1 is 1.28 bits per heavy atom. The van der Waals surface area contributed by atoms with Gasteiger partial charge in [-0.15, -0.1) is 0 Å². The number of hydrogen-bond donors (Lipinski definition) is 1. The van der Waals surface area contributed by atoms with Gasteiger partial charge in [0, 0.05) is 19.6 Å². The lowest BCUT2D eigenvalue weighted by Crippen LogP contribution is -2.49. The van der Waals surface area contributed by atoms with Gasteiger partial charge in [-0.3, -0.25) is 9.69 Å². The Hall–Kier alpha value is -1.66. The van der Waals surface area contributed by atoms with E-state index in [2.05, 4.69) is 17.1 Å². The third kappa shape index (κ3) is 4.50. The first-order chi connectivity index (χ1) is 12.2. The number of likely N-dealkylation sites (N-methyl/N-ethyl adjacent to an activating group) is 1. The van der Waals surface area contributed by atoms with Gasteiger partial charge in [0.2, 0.25) is 5.91 Å². The van der Waals surface area contributed by atoms with Crippen LogP contribution in [0.3, 0.4) is 0 Å². The van der Waals surface area contributed by atoms with Crippen LogP contribution in [0.5, 0.6) is 0 Å². The number of anilines is 1. The number of nitrogens with zero attached hydrogens (tertiary/aromatic N) is 2. The van der Waals surface area contributed by atoms with Gasteiger partial charge in [-0.2, -0.15) is 0 Å². The number of benzene rings is 1. The van der Waals surface area contributed by atoms with Crippen molar-refractivity contribution in [3.8, 4) is 0 Å². The molecule has 2 saturated heterocycles. The van der Waals surface area contributed by atoms with E-state index in [1.165, 1.54) is 6.07 Å². The Bertz CT molecular complexity index is 590. The van der Waals surface area contributed by atoms with Gasteiger partial charge in [0.1, 0.15) is 5.82 Å². The van der Waals surface area contributed by atoms with E-state index in [1.54, 1.807) is 6.07 Å². The molecule has 25 heavy (non-hydrogen) atoms. The average molecular weight is 349 g/mol. The van der Waals surface area contributed by atoms with Crippen LogP contribution in [0.2, 0.25) is 0 Å². The van der Waals surface area contributed by atoms with Crippen LogP contribution in [0.1, 0.15) is 31.7 Å². The zero-order valence-corrected chi connectivity index (χ0v) is 15.0. The number of halogens is 1. The molecule has 1 amide bonds. The maximum absolute atomic E-state index is 14.4. The molecule has 0 aromatic heterocycles. The summed E-state index contributed by atoms with van der Waals surface area (Å²) in [7, 11) is 0. The predicted molar refractivity (Wildman–Crippen MR) is 96.2 cm³/mol. The second kappa shape index (κ2) is 8.63. The predicted octanol–water partition coefficient (Wildman–Crippen LogP) is 2.15. The minimum Gasteiger partial charge on any atom is -0.378 e.